The minimum absolute atomic E-state index is 0.149. The van der Waals surface area contributed by atoms with Crippen LogP contribution in [-0.4, -0.2) is 23.9 Å². The zero-order chi connectivity index (χ0) is 12.6. The molecule has 92 valence electrons. The fourth-order valence-electron chi connectivity index (χ4n) is 2.27. The fourth-order valence-corrected chi connectivity index (χ4v) is 2.27. The van der Waals surface area contributed by atoms with E-state index in [1.807, 2.05) is 0 Å². The molecule has 0 saturated carbocycles. The first kappa shape index (κ1) is 12.1. The van der Waals surface area contributed by atoms with Crippen LogP contribution in [0.4, 0.5) is 4.39 Å². The molecule has 0 radical (unpaired) electrons. The van der Waals surface area contributed by atoms with E-state index >= 15 is 0 Å². The number of hydrogen-bond donors (Lipinski definition) is 0. The van der Waals surface area contributed by atoms with Crippen LogP contribution in [0.15, 0.2) is 18.2 Å². The van der Waals surface area contributed by atoms with Gasteiger partial charge in [-0.3, -0.25) is 4.79 Å². The van der Waals surface area contributed by atoms with Gasteiger partial charge in [-0.25, -0.2) is 4.39 Å². The SMILES string of the molecule is Cc1cccc(C(=O)N2CCC(C)(C)C2)c1F. The van der Waals surface area contributed by atoms with Gasteiger partial charge in [0.15, 0.2) is 0 Å². The molecule has 1 fully saturated rings. The van der Waals surface area contributed by atoms with Gasteiger partial charge in [-0.2, -0.15) is 0 Å². The van der Waals surface area contributed by atoms with Crippen LogP contribution in [0.25, 0.3) is 0 Å². The van der Waals surface area contributed by atoms with E-state index in [4.69, 9.17) is 0 Å². The van der Waals surface area contributed by atoms with Crippen molar-refractivity contribution in [2.45, 2.75) is 27.2 Å². The molecule has 0 aromatic heterocycles. The molecule has 17 heavy (non-hydrogen) atoms. The Morgan fingerprint density at radius 3 is 2.71 bits per heavy atom. The van der Waals surface area contributed by atoms with E-state index in [1.165, 1.54) is 0 Å². The van der Waals surface area contributed by atoms with Crippen LogP contribution in [-0.2, 0) is 0 Å². The number of carbonyl (C=O) groups excluding carboxylic acids is 1. The summed E-state index contributed by atoms with van der Waals surface area (Å²) in [6.07, 6.45) is 0.978. The van der Waals surface area contributed by atoms with E-state index in [2.05, 4.69) is 13.8 Å². The molecule has 0 bridgehead atoms. The molecule has 2 nitrogen and oxygen atoms in total. The van der Waals surface area contributed by atoms with Gasteiger partial charge in [0.1, 0.15) is 5.82 Å². The molecule has 1 saturated heterocycles. The maximum Gasteiger partial charge on any atom is 0.256 e. The third kappa shape index (κ3) is 2.33. The number of halogens is 1. The minimum atomic E-state index is -0.387. The molecule has 0 aliphatic carbocycles. The zero-order valence-corrected chi connectivity index (χ0v) is 10.6. The van der Waals surface area contributed by atoms with Gasteiger partial charge in [-0.05, 0) is 30.4 Å². The lowest BCUT2D eigenvalue weighted by Crippen LogP contribution is -2.31. The predicted molar refractivity (Wildman–Crippen MR) is 65.4 cm³/mol. The first-order chi connectivity index (χ1) is 7.91. The number of benzene rings is 1. The van der Waals surface area contributed by atoms with Crippen LogP contribution in [0.1, 0.15) is 36.2 Å². The quantitative estimate of drug-likeness (QED) is 0.732. The monoisotopic (exact) mass is 235 g/mol. The van der Waals surface area contributed by atoms with Gasteiger partial charge in [0.05, 0.1) is 5.56 Å². The standard InChI is InChI=1S/C14H18FNO/c1-10-5-4-6-11(12(10)15)13(17)16-8-7-14(2,3)9-16/h4-6H,7-9H2,1-3H3. The lowest BCUT2D eigenvalue weighted by Gasteiger charge is -2.20. The van der Waals surface area contributed by atoms with Crippen molar-refractivity contribution in [3.05, 3.63) is 35.1 Å². The largest absolute Gasteiger partial charge is 0.338 e. The topological polar surface area (TPSA) is 20.3 Å². The van der Waals surface area contributed by atoms with Crippen molar-refractivity contribution in [3.63, 3.8) is 0 Å². The van der Waals surface area contributed by atoms with E-state index in [1.54, 1.807) is 30.0 Å². The smallest absolute Gasteiger partial charge is 0.256 e. The minimum Gasteiger partial charge on any atom is -0.338 e. The summed E-state index contributed by atoms with van der Waals surface area (Å²) in [7, 11) is 0. The average molecular weight is 235 g/mol. The zero-order valence-electron chi connectivity index (χ0n) is 10.6. The highest BCUT2D eigenvalue weighted by molar-refractivity contribution is 5.94. The summed E-state index contributed by atoms with van der Waals surface area (Å²) in [6.45, 7) is 7.37. The Morgan fingerprint density at radius 2 is 2.12 bits per heavy atom. The van der Waals surface area contributed by atoms with Crippen molar-refractivity contribution in [2.75, 3.05) is 13.1 Å². The van der Waals surface area contributed by atoms with Crippen molar-refractivity contribution in [1.82, 2.24) is 4.90 Å². The first-order valence-corrected chi connectivity index (χ1v) is 5.95. The molecule has 1 aliphatic rings. The van der Waals surface area contributed by atoms with Crippen LogP contribution < -0.4 is 0 Å². The molecule has 0 N–H and O–H groups in total. The van der Waals surface area contributed by atoms with Gasteiger partial charge in [0.25, 0.3) is 5.91 Å². The average Bonchev–Trinajstić information content (AvgIpc) is 2.62. The Morgan fingerprint density at radius 1 is 1.41 bits per heavy atom. The second kappa shape index (κ2) is 4.13. The second-order valence-electron chi connectivity index (χ2n) is 5.58. The van der Waals surface area contributed by atoms with E-state index in [9.17, 15) is 9.18 Å². The van der Waals surface area contributed by atoms with Gasteiger partial charge in [0.2, 0.25) is 0 Å². The normalized spacial score (nSPS) is 18.5. The number of likely N-dealkylation sites (tertiary alicyclic amines) is 1. The molecule has 0 unspecified atom stereocenters. The third-order valence-corrected chi connectivity index (χ3v) is 3.39. The number of rotatable bonds is 1. The van der Waals surface area contributed by atoms with Gasteiger partial charge >= 0.3 is 0 Å². The Balaban J connectivity index is 2.24. The maximum atomic E-state index is 13.9. The van der Waals surface area contributed by atoms with Crippen molar-refractivity contribution in [2.24, 2.45) is 5.41 Å². The van der Waals surface area contributed by atoms with E-state index in [0.717, 1.165) is 13.0 Å². The number of nitrogens with zero attached hydrogens (tertiary/aromatic N) is 1. The highest BCUT2D eigenvalue weighted by Gasteiger charge is 2.33. The number of carbonyl (C=O) groups is 1. The summed E-state index contributed by atoms with van der Waals surface area (Å²) < 4.78 is 13.9. The molecule has 1 aromatic carbocycles. The van der Waals surface area contributed by atoms with Crippen molar-refractivity contribution >= 4 is 5.91 Å². The first-order valence-electron chi connectivity index (χ1n) is 5.95. The summed E-state index contributed by atoms with van der Waals surface area (Å²) in [5.41, 5.74) is 0.868. The second-order valence-corrected chi connectivity index (χ2v) is 5.58. The molecule has 2 rings (SSSR count). The molecule has 0 atom stereocenters. The number of hydrogen-bond acceptors (Lipinski definition) is 1. The fraction of sp³-hybridized carbons (Fsp3) is 0.500. The van der Waals surface area contributed by atoms with Gasteiger partial charge in [-0.1, -0.05) is 26.0 Å². The number of aryl methyl sites for hydroxylation is 1. The van der Waals surface area contributed by atoms with Crippen LogP contribution in [0.2, 0.25) is 0 Å². The van der Waals surface area contributed by atoms with Crippen LogP contribution in [0.5, 0.6) is 0 Å². The lowest BCUT2D eigenvalue weighted by atomic mass is 9.93. The third-order valence-electron chi connectivity index (χ3n) is 3.39. The summed E-state index contributed by atoms with van der Waals surface area (Å²) >= 11 is 0. The van der Waals surface area contributed by atoms with Gasteiger partial charge in [0, 0.05) is 13.1 Å². The lowest BCUT2D eigenvalue weighted by molar-refractivity contribution is 0.0773. The molecule has 1 heterocycles. The van der Waals surface area contributed by atoms with Crippen LogP contribution in [0, 0.1) is 18.2 Å². The summed E-state index contributed by atoms with van der Waals surface area (Å²) in [5.74, 6) is -0.570. The Bertz CT molecular complexity index is 454. The number of amides is 1. The van der Waals surface area contributed by atoms with Gasteiger partial charge < -0.3 is 4.90 Å². The summed E-state index contributed by atoms with van der Waals surface area (Å²) in [4.78, 5) is 13.9. The van der Waals surface area contributed by atoms with Crippen LogP contribution in [0.3, 0.4) is 0 Å². The maximum absolute atomic E-state index is 13.9. The van der Waals surface area contributed by atoms with Crippen molar-refractivity contribution in [3.8, 4) is 0 Å². The van der Waals surface area contributed by atoms with Crippen LogP contribution >= 0.6 is 0 Å². The molecule has 0 spiro atoms. The molecule has 3 heteroatoms. The Kier molecular flexibility index (Phi) is 2.94. The summed E-state index contributed by atoms with van der Waals surface area (Å²) in [5, 5.41) is 0. The Hall–Kier alpha value is -1.38. The highest BCUT2D eigenvalue weighted by atomic mass is 19.1. The Labute approximate surface area is 101 Å². The molecular formula is C14H18FNO. The van der Waals surface area contributed by atoms with Crippen molar-refractivity contribution < 1.29 is 9.18 Å². The molecular weight excluding hydrogens is 217 g/mol. The summed E-state index contributed by atoms with van der Waals surface area (Å²) in [6, 6.07) is 4.98. The molecule has 1 aliphatic heterocycles. The molecule has 1 aromatic rings. The van der Waals surface area contributed by atoms with Crippen molar-refractivity contribution in [1.29, 1.82) is 0 Å². The van der Waals surface area contributed by atoms with E-state index in [0.29, 0.717) is 12.1 Å². The van der Waals surface area contributed by atoms with Gasteiger partial charge in [-0.15, -0.1) is 0 Å². The predicted octanol–water partition coefficient (Wildman–Crippen LogP) is 3.01. The highest BCUT2D eigenvalue weighted by Crippen LogP contribution is 2.30. The molecule has 1 amide bonds. The van der Waals surface area contributed by atoms with E-state index in [-0.39, 0.29) is 22.7 Å². The van der Waals surface area contributed by atoms with E-state index < -0.39 is 0 Å².